The Morgan fingerprint density at radius 3 is 2.47 bits per heavy atom. The number of aliphatic hydroxyl groups excluding tert-OH is 2. The van der Waals surface area contributed by atoms with Crippen LogP contribution in [0.2, 0.25) is 0 Å². The lowest BCUT2D eigenvalue weighted by Gasteiger charge is -2.21. The molecule has 0 radical (unpaired) electrons. The van der Waals surface area contributed by atoms with E-state index in [1.807, 2.05) is 26.0 Å². The van der Waals surface area contributed by atoms with Crippen LogP contribution in [0.15, 0.2) is 22.1 Å². The Bertz CT molecular complexity index is 500. The maximum Gasteiger partial charge on any atom is 0.133 e. The fourth-order valence-corrected chi connectivity index (χ4v) is 1.33. The molecule has 0 saturated carbocycles. The van der Waals surface area contributed by atoms with E-state index in [4.69, 9.17) is 4.42 Å². The highest BCUT2D eigenvalue weighted by atomic mass is 16.3. The molecule has 1 heterocycles. The van der Waals surface area contributed by atoms with E-state index in [0.29, 0.717) is 11.2 Å². The van der Waals surface area contributed by atoms with Crippen LogP contribution < -0.4 is 10.6 Å². The molecule has 3 heteroatoms. The van der Waals surface area contributed by atoms with Crippen LogP contribution in [0.1, 0.15) is 26.5 Å². The summed E-state index contributed by atoms with van der Waals surface area (Å²) in [5.74, 6) is 0.556. The predicted molar refractivity (Wildman–Crippen MR) is 68.9 cm³/mol. The van der Waals surface area contributed by atoms with Crippen molar-refractivity contribution in [3.63, 3.8) is 0 Å². The number of hydrogen-bond acceptors (Lipinski definition) is 3. The monoisotopic (exact) mass is 236 g/mol. The van der Waals surface area contributed by atoms with Crippen LogP contribution in [0, 0.1) is 0 Å². The zero-order chi connectivity index (χ0) is 13.1. The number of allylic oxidation sites excluding steroid dienone is 2. The molecule has 0 aliphatic carbocycles. The summed E-state index contributed by atoms with van der Waals surface area (Å²) in [6.07, 6.45) is 3.78. The molecule has 0 aliphatic rings. The second kappa shape index (κ2) is 5.34. The molecule has 1 rings (SSSR count). The lowest BCUT2D eigenvalue weighted by molar-refractivity contribution is 0.111. The van der Waals surface area contributed by atoms with E-state index in [9.17, 15) is 10.2 Å². The van der Waals surface area contributed by atoms with E-state index in [1.165, 1.54) is 0 Å². The van der Waals surface area contributed by atoms with Gasteiger partial charge in [-0.1, -0.05) is 18.2 Å². The number of aliphatic hydroxyl groups is 2. The van der Waals surface area contributed by atoms with Crippen LogP contribution in [0.4, 0.5) is 0 Å². The van der Waals surface area contributed by atoms with E-state index in [-0.39, 0.29) is 13.2 Å². The third-order valence-corrected chi connectivity index (χ3v) is 2.70. The molecule has 0 spiro atoms. The Morgan fingerprint density at radius 1 is 1.41 bits per heavy atom. The molecular formula is C14H20O3. The summed E-state index contributed by atoms with van der Waals surface area (Å²) in [5, 5.41) is 19.3. The van der Waals surface area contributed by atoms with E-state index < -0.39 is 5.41 Å². The molecule has 17 heavy (non-hydrogen) atoms. The van der Waals surface area contributed by atoms with Crippen molar-refractivity contribution < 1.29 is 14.6 Å². The Morgan fingerprint density at radius 2 is 2.00 bits per heavy atom. The molecule has 0 atom stereocenters. The second-order valence-electron chi connectivity index (χ2n) is 4.79. The fourth-order valence-electron chi connectivity index (χ4n) is 1.33. The van der Waals surface area contributed by atoms with Crippen molar-refractivity contribution in [2.24, 2.45) is 0 Å². The van der Waals surface area contributed by atoms with Crippen LogP contribution in [0.3, 0.4) is 0 Å². The van der Waals surface area contributed by atoms with Gasteiger partial charge >= 0.3 is 0 Å². The molecule has 0 aromatic carbocycles. The Kier molecular flexibility index (Phi) is 4.32. The second-order valence-corrected chi connectivity index (χ2v) is 4.79. The highest BCUT2D eigenvalue weighted by molar-refractivity contribution is 5.37. The minimum absolute atomic E-state index is 0.168. The lowest BCUT2D eigenvalue weighted by atomic mass is 9.90. The van der Waals surface area contributed by atoms with Crippen molar-refractivity contribution in [2.45, 2.75) is 26.2 Å². The first-order valence-corrected chi connectivity index (χ1v) is 5.59. The smallest absolute Gasteiger partial charge is 0.133 e. The van der Waals surface area contributed by atoms with Crippen LogP contribution in [0.25, 0.3) is 12.7 Å². The third kappa shape index (κ3) is 3.08. The van der Waals surface area contributed by atoms with E-state index in [2.05, 4.69) is 6.58 Å². The largest absolute Gasteiger partial charge is 0.460 e. The van der Waals surface area contributed by atoms with Gasteiger partial charge in [0.25, 0.3) is 0 Å². The van der Waals surface area contributed by atoms with Gasteiger partial charge in [0.05, 0.1) is 18.6 Å². The molecule has 0 bridgehead atoms. The quantitative estimate of drug-likeness (QED) is 0.808. The number of hydrogen-bond donors (Lipinski definition) is 2. The fraction of sp³-hybridized carbons (Fsp3) is 0.429. The summed E-state index contributed by atoms with van der Waals surface area (Å²) in [7, 11) is 0. The lowest BCUT2D eigenvalue weighted by Crippen LogP contribution is -2.30. The molecule has 94 valence electrons. The van der Waals surface area contributed by atoms with Crippen molar-refractivity contribution in [1.82, 2.24) is 0 Å². The molecule has 0 fully saturated rings. The molecule has 3 nitrogen and oxygen atoms in total. The standard InChI is InChI=1S/C14H20O3/c1-10(2)5-6-12-11(3)7-13(17-12)14(4,8-15)9-16/h5-7,15-16H,3,8-9H2,1-2,4H3/b12-6+. The summed E-state index contributed by atoms with van der Waals surface area (Å²) < 4.78 is 5.63. The van der Waals surface area contributed by atoms with Crippen molar-refractivity contribution in [1.29, 1.82) is 0 Å². The van der Waals surface area contributed by atoms with Crippen molar-refractivity contribution in [3.05, 3.63) is 34.1 Å². The van der Waals surface area contributed by atoms with Gasteiger partial charge in [0, 0.05) is 5.22 Å². The van der Waals surface area contributed by atoms with Gasteiger partial charge in [0.15, 0.2) is 0 Å². The summed E-state index contributed by atoms with van der Waals surface area (Å²) in [4.78, 5) is 0. The highest BCUT2D eigenvalue weighted by Crippen LogP contribution is 2.20. The van der Waals surface area contributed by atoms with Gasteiger partial charge in [-0.15, -0.1) is 0 Å². The first-order chi connectivity index (χ1) is 7.92. The van der Waals surface area contributed by atoms with E-state index in [1.54, 1.807) is 13.0 Å². The minimum atomic E-state index is -0.760. The van der Waals surface area contributed by atoms with E-state index in [0.717, 1.165) is 10.8 Å². The van der Waals surface area contributed by atoms with Gasteiger partial charge in [-0.25, -0.2) is 0 Å². The van der Waals surface area contributed by atoms with Gasteiger partial charge in [0.2, 0.25) is 0 Å². The molecule has 2 N–H and O–H groups in total. The molecule has 0 aliphatic heterocycles. The average molecular weight is 236 g/mol. The minimum Gasteiger partial charge on any atom is -0.460 e. The van der Waals surface area contributed by atoms with Crippen LogP contribution in [0.5, 0.6) is 0 Å². The molecule has 0 amide bonds. The third-order valence-electron chi connectivity index (χ3n) is 2.70. The Labute approximate surface area is 101 Å². The number of furan rings is 1. The summed E-state index contributed by atoms with van der Waals surface area (Å²) in [6, 6.07) is 1.76. The van der Waals surface area contributed by atoms with Crippen molar-refractivity contribution in [2.75, 3.05) is 13.2 Å². The van der Waals surface area contributed by atoms with Crippen LogP contribution in [-0.4, -0.2) is 23.4 Å². The zero-order valence-corrected chi connectivity index (χ0v) is 10.7. The molecule has 0 saturated heterocycles. The summed E-state index contributed by atoms with van der Waals surface area (Å²) in [5.41, 5.74) is 1.06. The molecule has 0 unspecified atom stereocenters. The maximum absolute atomic E-state index is 9.29. The molecule has 1 aromatic rings. The van der Waals surface area contributed by atoms with Crippen molar-refractivity contribution in [3.8, 4) is 0 Å². The normalized spacial score (nSPS) is 12.9. The highest BCUT2D eigenvalue weighted by Gasteiger charge is 2.28. The average Bonchev–Trinajstić information content (AvgIpc) is 2.67. The Hall–Kier alpha value is -1.32. The molecular weight excluding hydrogens is 216 g/mol. The molecule has 1 aromatic heterocycles. The number of rotatable bonds is 4. The first kappa shape index (κ1) is 13.7. The van der Waals surface area contributed by atoms with Gasteiger partial charge in [-0.05, 0) is 32.9 Å². The van der Waals surface area contributed by atoms with Gasteiger partial charge < -0.3 is 14.6 Å². The van der Waals surface area contributed by atoms with Gasteiger partial charge in [0.1, 0.15) is 11.2 Å². The predicted octanol–water partition coefficient (Wildman–Crippen LogP) is 0.679. The SMILES string of the molecule is C=c1cc(C(C)(CO)CO)o/c1=C/C=C(C)C. The van der Waals surface area contributed by atoms with E-state index >= 15 is 0 Å². The summed E-state index contributed by atoms with van der Waals surface area (Å²) >= 11 is 0. The van der Waals surface area contributed by atoms with Crippen molar-refractivity contribution >= 4 is 12.7 Å². The van der Waals surface area contributed by atoms with Gasteiger partial charge in [-0.3, -0.25) is 0 Å². The maximum atomic E-state index is 9.29. The van der Waals surface area contributed by atoms with Crippen LogP contribution in [-0.2, 0) is 5.41 Å². The van der Waals surface area contributed by atoms with Crippen LogP contribution >= 0.6 is 0 Å². The summed E-state index contributed by atoms with van der Waals surface area (Å²) in [6.45, 7) is 9.28. The zero-order valence-electron chi connectivity index (χ0n) is 10.7. The Balaban J connectivity index is 3.26. The topological polar surface area (TPSA) is 53.6 Å². The first-order valence-electron chi connectivity index (χ1n) is 5.59. The van der Waals surface area contributed by atoms with Gasteiger partial charge in [-0.2, -0.15) is 0 Å².